The Morgan fingerprint density at radius 2 is 2.00 bits per heavy atom. The fourth-order valence-electron chi connectivity index (χ4n) is 1.72. The lowest BCUT2D eigenvalue weighted by Crippen LogP contribution is -2.24. The van der Waals surface area contributed by atoms with Crippen molar-refractivity contribution in [3.63, 3.8) is 0 Å². The Balaban J connectivity index is 2.22. The van der Waals surface area contributed by atoms with Gasteiger partial charge in [0.2, 0.25) is 0 Å². The van der Waals surface area contributed by atoms with Crippen LogP contribution in [0.3, 0.4) is 0 Å². The predicted molar refractivity (Wildman–Crippen MR) is 69.3 cm³/mol. The van der Waals surface area contributed by atoms with Crippen LogP contribution in [0.2, 0.25) is 0 Å². The molecule has 0 N–H and O–H groups in total. The van der Waals surface area contributed by atoms with Crippen LogP contribution in [0.5, 0.6) is 0 Å². The summed E-state index contributed by atoms with van der Waals surface area (Å²) >= 11 is 3.09. The van der Waals surface area contributed by atoms with Gasteiger partial charge in [-0.05, 0) is 12.1 Å². The average Bonchev–Trinajstić information content (AvgIpc) is 2.37. The normalized spacial score (nSPS) is 20.3. The van der Waals surface area contributed by atoms with Crippen LogP contribution in [0, 0.1) is 5.82 Å². The minimum atomic E-state index is -4.74. The highest BCUT2D eigenvalue weighted by atomic mass is 32.2. The first-order chi connectivity index (χ1) is 8.89. The van der Waals surface area contributed by atoms with Gasteiger partial charge in [0.1, 0.15) is 5.82 Å². The van der Waals surface area contributed by atoms with E-state index in [2.05, 4.69) is 0 Å². The van der Waals surface area contributed by atoms with E-state index in [1.54, 1.807) is 11.8 Å². The molecule has 1 heterocycles. The molecule has 7 heteroatoms. The zero-order valence-corrected chi connectivity index (χ0v) is 11.3. The highest BCUT2D eigenvalue weighted by Gasteiger charge is 2.34. The number of hydrogen-bond acceptors (Lipinski definition) is 3. The molecule has 0 saturated carbocycles. The first-order valence-corrected chi connectivity index (χ1v) is 7.70. The summed E-state index contributed by atoms with van der Waals surface area (Å²) in [6.45, 7) is 0. The largest absolute Gasteiger partial charge is 0.419 e. The number of rotatable bonds is 2. The first-order valence-electron chi connectivity index (χ1n) is 5.50. The quantitative estimate of drug-likeness (QED) is 0.609. The van der Waals surface area contributed by atoms with Crippen LogP contribution in [0.1, 0.15) is 15.9 Å². The van der Waals surface area contributed by atoms with Gasteiger partial charge >= 0.3 is 6.18 Å². The second kappa shape index (κ2) is 5.75. The van der Waals surface area contributed by atoms with Gasteiger partial charge in [0, 0.05) is 22.8 Å². The zero-order valence-electron chi connectivity index (χ0n) is 9.67. The van der Waals surface area contributed by atoms with Gasteiger partial charge in [-0.25, -0.2) is 4.39 Å². The summed E-state index contributed by atoms with van der Waals surface area (Å²) < 4.78 is 50.6. The standard InChI is InChI=1S/C12H10F4OS2/c13-9-5-7(1-2-8(9)12(14,15)16)11(17)10-6-18-3-4-19-10/h1-2,5,10H,3-4,6H2. The smallest absolute Gasteiger partial charge is 0.293 e. The zero-order chi connectivity index (χ0) is 14.0. The third kappa shape index (κ3) is 3.45. The molecule has 0 aliphatic carbocycles. The van der Waals surface area contributed by atoms with Crippen LogP contribution in [0.4, 0.5) is 17.6 Å². The Morgan fingerprint density at radius 3 is 2.53 bits per heavy atom. The number of Topliss-reactive ketones (excluding diaryl/α,β-unsaturated/α-hetero) is 1. The van der Waals surface area contributed by atoms with Crippen molar-refractivity contribution in [3.05, 3.63) is 35.1 Å². The number of alkyl halides is 3. The van der Waals surface area contributed by atoms with Crippen molar-refractivity contribution in [2.75, 3.05) is 17.3 Å². The number of carbonyl (C=O) groups excluding carboxylic acids is 1. The Kier molecular flexibility index (Phi) is 4.45. The summed E-state index contributed by atoms with van der Waals surface area (Å²) in [5.74, 6) is 0.697. The molecule has 1 aliphatic heterocycles. The SMILES string of the molecule is O=C(c1ccc(C(F)(F)F)c(F)c1)C1CSCCS1. The van der Waals surface area contributed by atoms with Crippen LogP contribution < -0.4 is 0 Å². The minimum Gasteiger partial charge on any atom is -0.293 e. The van der Waals surface area contributed by atoms with Crippen molar-refractivity contribution in [1.29, 1.82) is 0 Å². The molecule has 1 nitrogen and oxygen atoms in total. The van der Waals surface area contributed by atoms with E-state index >= 15 is 0 Å². The molecule has 1 aliphatic rings. The van der Waals surface area contributed by atoms with E-state index < -0.39 is 17.6 Å². The lowest BCUT2D eigenvalue weighted by molar-refractivity contribution is -0.140. The second-order valence-corrected chi connectivity index (χ2v) is 6.45. The summed E-state index contributed by atoms with van der Waals surface area (Å²) in [7, 11) is 0. The predicted octanol–water partition coefficient (Wildman–Crippen LogP) is 3.88. The van der Waals surface area contributed by atoms with Crippen molar-refractivity contribution < 1.29 is 22.4 Å². The van der Waals surface area contributed by atoms with Crippen LogP contribution in [0.25, 0.3) is 0 Å². The van der Waals surface area contributed by atoms with Gasteiger partial charge in [0.25, 0.3) is 0 Å². The molecule has 19 heavy (non-hydrogen) atoms. The van der Waals surface area contributed by atoms with E-state index in [1.165, 1.54) is 11.8 Å². The van der Waals surface area contributed by atoms with Crippen LogP contribution in [-0.2, 0) is 6.18 Å². The molecule has 0 bridgehead atoms. The van der Waals surface area contributed by atoms with Crippen molar-refractivity contribution in [2.24, 2.45) is 0 Å². The maximum atomic E-state index is 13.4. The Labute approximate surface area is 116 Å². The number of hydrogen-bond donors (Lipinski definition) is 0. The van der Waals surface area contributed by atoms with Crippen molar-refractivity contribution in [1.82, 2.24) is 0 Å². The topological polar surface area (TPSA) is 17.1 Å². The maximum Gasteiger partial charge on any atom is 0.419 e. The Morgan fingerprint density at radius 1 is 1.26 bits per heavy atom. The summed E-state index contributed by atoms with van der Waals surface area (Å²) in [5.41, 5.74) is -1.33. The first kappa shape index (κ1) is 14.7. The monoisotopic (exact) mass is 310 g/mol. The molecule has 1 aromatic rings. The number of halogens is 4. The molecule has 0 radical (unpaired) electrons. The van der Waals surface area contributed by atoms with Crippen molar-refractivity contribution >= 4 is 29.3 Å². The lowest BCUT2D eigenvalue weighted by atomic mass is 10.1. The highest BCUT2D eigenvalue weighted by Crippen LogP contribution is 2.33. The third-order valence-electron chi connectivity index (χ3n) is 2.67. The van der Waals surface area contributed by atoms with E-state index in [0.29, 0.717) is 17.9 Å². The summed E-state index contributed by atoms with van der Waals surface area (Å²) in [4.78, 5) is 12.0. The van der Waals surface area contributed by atoms with Gasteiger partial charge in [0.15, 0.2) is 5.78 Å². The lowest BCUT2D eigenvalue weighted by Gasteiger charge is -2.20. The van der Waals surface area contributed by atoms with Crippen LogP contribution in [-0.4, -0.2) is 28.3 Å². The molecule has 1 aromatic carbocycles. The van der Waals surface area contributed by atoms with Gasteiger partial charge in [-0.15, -0.1) is 11.8 Å². The van der Waals surface area contributed by atoms with E-state index in [-0.39, 0.29) is 16.6 Å². The van der Waals surface area contributed by atoms with Gasteiger partial charge < -0.3 is 0 Å². The summed E-state index contributed by atoms with van der Waals surface area (Å²) in [6, 6.07) is 2.36. The molecular weight excluding hydrogens is 300 g/mol. The fourth-order valence-corrected chi connectivity index (χ4v) is 4.36. The molecule has 0 amide bonds. The molecule has 104 valence electrons. The van der Waals surface area contributed by atoms with Gasteiger partial charge in [0.05, 0.1) is 10.8 Å². The van der Waals surface area contributed by atoms with E-state index in [0.717, 1.165) is 17.6 Å². The van der Waals surface area contributed by atoms with E-state index in [4.69, 9.17) is 0 Å². The maximum absolute atomic E-state index is 13.4. The number of benzene rings is 1. The van der Waals surface area contributed by atoms with Gasteiger partial charge in [-0.2, -0.15) is 24.9 Å². The molecular formula is C12H10F4OS2. The summed E-state index contributed by atoms with van der Waals surface area (Å²) in [5, 5.41) is -0.296. The number of ketones is 1. The minimum absolute atomic E-state index is 0.00509. The second-order valence-electron chi connectivity index (χ2n) is 3.99. The van der Waals surface area contributed by atoms with Crippen LogP contribution in [0.15, 0.2) is 18.2 Å². The van der Waals surface area contributed by atoms with E-state index in [1.807, 2.05) is 0 Å². The van der Waals surface area contributed by atoms with Crippen molar-refractivity contribution in [3.8, 4) is 0 Å². The average molecular weight is 310 g/mol. The van der Waals surface area contributed by atoms with Crippen molar-refractivity contribution in [2.45, 2.75) is 11.4 Å². The molecule has 1 saturated heterocycles. The van der Waals surface area contributed by atoms with E-state index in [9.17, 15) is 22.4 Å². The van der Waals surface area contributed by atoms with Crippen LogP contribution >= 0.6 is 23.5 Å². The van der Waals surface area contributed by atoms with Gasteiger partial charge in [-0.3, -0.25) is 4.79 Å². The highest BCUT2D eigenvalue weighted by molar-refractivity contribution is 8.07. The molecule has 0 aromatic heterocycles. The number of thioether (sulfide) groups is 2. The molecule has 1 fully saturated rings. The summed E-state index contributed by atoms with van der Waals surface area (Å²) in [6.07, 6.45) is -4.74. The number of carbonyl (C=O) groups is 1. The molecule has 1 atom stereocenters. The molecule has 0 spiro atoms. The molecule has 1 unspecified atom stereocenters. The molecule has 2 rings (SSSR count). The fraction of sp³-hybridized carbons (Fsp3) is 0.417. The Bertz CT molecular complexity index is 481. The third-order valence-corrected chi connectivity index (χ3v) is 5.42. The Hall–Kier alpha value is -0.690. The van der Waals surface area contributed by atoms with Gasteiger partial charge in [-0.1, -0.05) is 6.07 Å².